The first-order valence-corrected chi connectivity index (χ1v) is 16.4. The number of carbonyl (C=O) groups excluding carboxylic acids is 4. The van der Waals surface area contributed by atoms with Gasteiger partial charge >= 0.3 is 12.1 Å². The van der Waals surface area contributed by atoms with Gasteiger partial charge in [0, 0.05) is 22.7 Å². The maximum Gasteiger partial charge on any atom is 0.322 e. The quantitative estimate of drug-likeness (QED) is 0.227. The molecule has 2 heterocycles. The first kappa shape index (κ1) is 32.3. The Kier molecular flexibility index (Phi) is 7.96. The molecule has 8 rings (SSSR count). The number of fused-ring (bicyclic) bond motifs is 2. The Labute approximate surface area is 289 Å². The van der Waals surface area contributed by atoms with E-state index in [-0.39, 0.29) is 23.7 Å². The van der Waals surface area contributed by atoms with Gasteiger partial charge in [0.1, 0.15) is 12.1 Å². The van der Waals surface area contributed by atoms with Crippen molar-refractivity contribution in [2.24, 2.45) is 10.8 Å². The summed E-state index contributed by atoms with van der Waals surface area (Å²) >= 11 is 0. The van der Waals surface area contributed by atoms with Gasteiger partial charge in [0.05, 0.1) is 23.3 Å². The lowest BCUT2D eigenvalue weighted by Crippen LogP contribution is -2.47. The van der Waals surface area contributed by atoms with Crippen molar-refractivity contribution in [1.82, 2.24) is 21.3 Å². The molecule has 248 valence electrons. The van der Waals surface area contributed by atoms with Crippen molar-refractivity contribution in [1.29, 1.82) is 10.5 Å². The highest BCUT2D eigenvalue weighted by Gasteiger charge is 2.55. The number of imide groups is 2. The molecule has 0 spiro atoms. The number of benzene rings is 4. The van der Waals surface area contributed by atoms with Gasteiger partial charge in [-0.2, -0.15) is 10.5 Å². The van der Waals surface area contributed by atoms with E-state index in [1.54, 1.807) is 12.1 Å². The lowest BCUT2D eigenvalue weighted by atomic mass is 9.69. The number of amides is 6. The van der Waals surface area contributed by atoms with Crippen molar-refractivity contribution in [3.8, 4) is 12.1 Å². The minimum Gasteiger partial charge on any atom is -0.325 e. The summed E-state index contributed by atoms with van der Waals surface area (Å²) in [5, 5.41) is 28.8. The van der Waals surface area contributed by atoms with Gasteiger partial charge in [-0.1, -0.05) is 86.6 Å². The van der Waals surface area contributed by atoms with E-state index in [4.69, 9.17) is 0 Å². The Morgan fingerprint density at radius 3 is 1.28 bits per heavy atom. The van der Waals surface area contributed by atoms with Crippen LogP contribution < -0.4 is 21.3 Å². The maximum atomic E-state index is 12.4. The minimum absolute atomic E-state index is 0.0776. The SMILES string of the molecule is C[C@@]1([C@@H]2NC(=O)NC2=O)Cc2ccc(C#N)cc2[C@@H]1c1ccccc1.C[C@@]1([C@H]2NC(=O)NC2=O)Cc2ccc(C#N)cc2[C@@H]1c1ccccc1. The van der Waals surface area contributed by atoms with Gasteiger partial charge in [0.15, 0.2) is 0 Å². The second-order valence-electron chi connectivity index (χ2n) is 13.9. The summed E-state index contributed by atoms with van der Waals surface area (Å²) in [6, 6.07) is 33.5. The Balaban J connectivity index is 0.000000157. The smallest absolute Gasteiger partial charge is 0.322 e. The molecule has 4 N–H and O–H groups in total. The number of urea groups is 2. The van der Waals surface area contributed by atoms with Crippen molar-refractivity contribution in [3.63, 3.8) is 0 Å². The average Bonchev–Trinajstić information content (AvgIpc) is 3.83. The van der Waals surface area contributed by atoms with E-state index in [1.165, 1.54) is 0 Å². The lowest BCUT2D eigenvalue weighted by Gasteiger charge is -2.36. The predicted octanol–water partition coefficient (Wildman–Crippen LogP) is 4.92. The summed E-state index contributed by atoms with van der Waals surface area (Å²) in [7, 11) is 0. The summed E-state index contributed by atoms with van der Waals surface area (Å²) in [6.45, 7) is 4.07. The van der Waals surface area contributed by atoms with Crippen LogP contribution in [0.25, 0.3) is 0 Å². The van der Waals surface area contributed by atoms with Crippen molar-refractivity contribution in [2.45, 2.75) is 50.6 Å². The molecule has 4 aromatic carbocycles. The number of hydrogen-bond donors (Lipinski definition) is 4. The zero-order valence-electron chi connectivity index (χ0n) is 27.5. The van der Waals surface area contributed by atoms with E-state index >= 15 is 0 Å². The first-order chi connectivity index (χ1) is 24.1. The highest BCUT2D eigenvalue weighted by atomic mass is 16.2. The first-order valence-electron chi connectivity index (χ1n) is 16.4. The fourth-order valence-electron chi connectivity index (χ4n) is 8.64. The van der Waals surface area contributed by atoms with Crippen LogP contribution in [0.15, 0.2) is 97.1 Å². The molecule has 2 aliphatic heterocycles. The number of nitrogens with one attached hydrogen (secondary N) is 4. The molecule has 2 saturated heterocycles. The van der Waals surface area contributed by atoms with Crippen LogP contribution in [0.5, 0.6) is 0 Å². The molecule has 0 saturated carbocycles. The topological polar surface area (TPSA) is 164 Å². The van der Waals surface area contributed by atoms with Crippen LogP contribution in [0.2, 0.25) is 0 Å². The third-order valence-electron chi connectivity index (χ3n) is 10.8. The van der Waals surface area contributed by atoms with Gasteiger partial charge in [0.25, 0.3) is 11.8 Å². The highest BCUT2D eigenvalue weighted by Crippen LogP contribution is 2.54. The third-order valence-corrected chi connectivity index (χ3v) is 10.8. The van der Waals surface area contributed by atoms with Crippen molar-refractivity contribution >= 4 is 23.9 Å². The van der Waals surface area contributed by atoms with E-state index < -0.39 is 35.0 Å². The Bertz CT molecular complexity index is 1990. The van der Waals surface area contributed by atoms with Crippen LogP contribution in [0.1, 0.15) is 70.2 Å². The zero-order valence-corrected chi connectivity index (χ0v) is 27.5. The predicted molar refractivity (Wildman–Crippen MR) is 183 cm³/mol. The van der Waals surface area contributed by atoms with Gasteiger partial charge < -0.3 is 10.6 Å². The highest BCUT2D eigenvalue weighted by molar-refractivity contribution is 6.05. The van der Waals surface area contributed by atoms with Gasteiger partial charge in [0.2, 0.25) is 0 Å². The Morgan fingerprint density at radius 2 is 0.960 bits per heavy atom. The molecule has 0 unspecified atom stereocenters. The Hall–Kier alpha value is -6.26. The van der Waals surface area contributed by atoms with Gasteiger partial charge in [-0.25, -0.2) is 9.59 Å². The summed E-state index contributed by atoms with van der Waals surface area (Å²) in [6.07, 6.45) is 1.32. The Morgan fingerprint density at radius 1 is 0.580 bits per heavy atom. The molecule has 0 aromatic heterocycles. The van der Waals surface area contributed by atoms with Crippen molar-refractivity contribution in [2.75, 3.05) is 0 Å². The monoisotopic (exact) mass is 662 g/mol. The molecule has 2 aliphatic carbocycles. The summed E-state index contributed by atoms with van der Waals surface area (Å²) in [5.74, 6) is -0.735. The zero-order chi connectivity index (χ0) is 35.2. The number of hydrogen-bond acceptors (Lipinski definition) is 6. The van der Waals surface area contributed by atoms with Gasteiger partial charge in [-0.05, 0) is 70.5 Å². The number of nitriles is 2. The summed E-state index contributed by atoms with van der Waals surface area (Å²) in [4.78, 5) is 48.1. The van der Waals surface area contributed by atoms with Crippen LogP contribution >= 0.6 is 0 Å². The van der Waals surface area contributed by atoms with Crippen molar-refractivity contribution < 1.29 is 19.2 Å². The lowest BCUT2D eigenvalue weighted by molar-refractivity contribution is -0.123. The summed E-state index contributed by atoms with van der Waals surface area (Å²) < 4.78 is 0. The number of rotatable bonds is 4. The molecule has 2 fully saturated rings. The molecule has 4 aromatic rings. The average molecular weight is 663 g/mol. The standard InChI is InChI=1S/2C20H17N3O2/c2*1-20(17-18(24)23-19(25)22-17)10-14-8-7-12(11-21)9-15(14)16(20)13-5-3-2-4-6-13/h2*2-9,16-17H,10H2,1H3,(H2,22,23,24,25)/t16-,17+,20+;16-,17-,20+/m00/s1. The largest absolute Gasteiger partial charge is 0.325 e. The fraction of sp³-hybridized carbons (Fsp3) is 0.250. The van der Waals surface area contributed by atoms with E-state index in [0.29, 0.717) is 24.0 Å². The molecule has 50 heavy (non-hydrogen) atoms. The van der Waals surface area contributed by atoms with Crippen molar-refractivity contribution in [3.05, 3.63) is 142 Å². The van der Waals surface area contributed by atoms with Crippen LogP contribution in [0.3, 0.4) is 0 Å². The molecule has 0 bridgehead atoms. The van der Waals surface area contributed by atoms with Gasteiger partial charge in [-0.15, -0.1) is 0 Å². The van der Waals surface area contributed by atoms with Crippen LogP contribution in [0.4, 0.5) is 9.59 Å². The molecule has 10 heteroatoms. The van der Waals surface area contributed by atoms with E-state index in [0.717, 1.165) is 33.4 Å². The minimum atomic E-state index is -0.608. The van der Waals surface area contributed by atoms with Gasteiger partial charge in [-0.3, -0.25) is 20.2 Å². The number of nitrogens with zero attached hydrogens (tertiary/aromatic N) is 2. The van der Waals surface area contributed by atoms with E-state index in [1.807, 2.05) is 98.8 Å². The van der Waals surface area contributed by atoms with Crippen LogP contribution in [-0.4, -0.2) is 36.0 Å². The molecular weight excluding hydrogens is 628 g/mol. The second-order valence-corrected chi connectivity index (χ2v) is 13.9. The second kappa shape index (κ2) is 12.3. The van der Waals surface area contributed by atoms with E-state index in [9.17, 15) is 29.7 Å². The van der Waals surface area contributed by atoms with E-state index in [2.05, 4.69) is 33.4 Å². The summed E-state index contributed by atoms with van der Waals surface area (Å²) in [5.41, 5.74) is 6.69. The molecule has 4 aliphatic rings. The fourth-order valence-corrected chi connectivity index (χ4v) is 8.64. The van der Waals surface area contributed by atoms with Crippen LogP contribution in [0, 0.1) is 33.5 Å². The molecule has 10 nitrogen and oxygen atoms in total. The normalized spacial score (nSPS) is 27.4. The molecule has 0 radical (unpaired) electrons. The number of carbonyl (C=O) groups is 4. The molecular formula is C40H34N6O4. The van der Waals surface area contributed by atoms with Crippen LogP contribution in [-0.2, 0) is 22.4 Å². The molecule has 6 atom stereocenters. The maximum absolute atomic E-state index is 12.4. The molecule has 6 amide bonds. The third kappa shape index (κ3) is 5.36.